The van der Waals surface area contributed by atoms with Gasteiger partial charge in [0.2, 0.25) is 0 Å². The molecule has 166 valence electrons. The highest BCUT2D eigenvalue weighted by atomic mass is 16.5. The topological polar surface area (TPSA) is 65.1 Å². The van der Waals surface area contributed by atoms with Gasteiger partial charge in [-0.1, -0.05) is 13.5 Å². The summed E-state index contributed by atoms with van der Waals surface area (Å²) in [5.41, 5.74) is 0.768. The maximum absolute atomic E-state index is 12.9. The van der Waals surface area contributed by atoms with E-state index in [0.29, 0.717) is 38.1 Å². The van der Waals surface area contributed by atoms with Gasteiger partial charge < -0.3 is 19.9 Å². The fourth-order valence-electron chi connectivity index (χ4n) is 4.55. The summed E-state index contributed by atoms with van der Waals surface area (Å²) >= 11 is 0. The second kappa shape index (κ2) is 11.7. The molecule has 29 heavy (non-hydrogen) atoms. The summed E-state index contributed by atoms with van der Waals surface area (Å²) in [6, 6.07) is 0.485. The average molecular weight is 409 g/mol. The molecule has 0 aromatic heterocycles. The van der Waals surface area contributed by atoms with Crippen molar-refractivity contribution in [2.45, 2.75) is 51.6 Å². The Morgan fingerprint density at radius 1 is 1.28 bits per heavy atom. The van der Waals surface area contributed by atoms with Crippen LogP contribution in [0.15, 0.2) is 12.2 Å². The highest BCUT2D eigenvalue weighted by Gasteiger charge is 2.41. The van der Waals surface area contributed by atoms with Crippen molar-refractivity contribution in [1.82, 2.24) is 20.0 Å². The lowest BCUT2D eigenvalue weighted by molar-refractivity contribution is -0.119. The number of amides is 2. The van der Waals surface area contributed by atoms with Crippen LogP contribution in [0, 0.1) is 5.92 Å². The van der Waals surface area contributed by atoms with E-state index in [1.54, 1.807) is 7.11 Å². The van der Waals surface area contributed by atoms with Gasteiger partial charge in [-0.3, -0.25) is 9.69 Å². The highest BCUT2D eigenvalue weighted by molar-refractivity contribution is 5.95. The molecule has 1 heterocycles. The van der Waals surface area contributed by atoms with Crippen LogP contribution in [0.5, 0.6) is 0 Å². The summed E-state index contributed by atoms with van der Waals surface area (Å²) in [7, 11) is 3.74. The number of carbonyl (C=O) groups excluding carboxylic acids is 2. The van der Waals surface area contributed by atoms with E-state index in [4.69, 9.17) is 4.74 Å². The Morgan fingerprint density at radius 3 is 2.69 bits per heavy atom. The average Bonchev–Trinajstić information content (AvgIpc) is 2.68. The number of rotatable bonds is 10. The quantitative estimate of drug-likeness (QED) is 0.560. The molecule has 0 radical (unpaired) electrons. The molecule has 1 saturated carbocycles. The lowest BCUT2D eigenvalue weighted by Crippen LogP contribution is -2.59. The maximum atomic E-state index is 12.9. The van der Waals surface area contributed by atoms with Gasteiger partial charge in [0, 0.05) is 58.3 Å². The molecule has 7 heteroatoms. The number of urea groups is 1. The summed E-state index contributed by atoms with van der Waals surface area (Å²) in [6.07, 6.45) is 3.29. The molecule has 2 aliphatic rings. The van der Waals surface area contributed by atoms with Gasteiger partial charge >= 0.3 is 6.03 Å². The fourth-order valence-corrected chi connectivity index (χ4v) is 4.55. The number of hydrogen-bond acceptors (Lipinski definition) is 5. The van der Waals surface area contributed by atoms with Crippen molar-refractivity contribution in [1.29, 1.82) is 0 Å². The van der Waals surface area contributed by atoms with Crippen LogP contribution in [0.25, 0.3) is 0 Å². The van der Waals surface area contributed by atoms with Gasteiger partial charge in [-0.05, 0) is 51.3 Å². The Hall–Kier alpha value is -1.44. The van der Waals surface area contributed by atoms with Gasteiger partial charge in [0.1, 0.15) is 0 Å². The zero-order valence-electron chi connectivity index (χ0n) is 18.8. The first kappa shape index (κ1) is 23.8. The van der Waals surface area contributed by atoms with Crippen molar-refractivity contribution < 1.29 is 14.3 Å². The first-order valence-electron chi connectivity index (χ1n) is 11.1. The minimum atomic E-state index is -0.000847. The molecule has 1 aliphatic heterocycles. The molecule has 0 unspecified atom stereocenters. The molecule has 1 N–H and O–H groups in total. The van der Waals surface area contributed by atoms with Crippen LogP contribution in [-0.2, 0) is 9.53 Å². The number of likely N-dealkylation sites (tertiary alicyclic amines) is 1. The molecule has 7 nitrogen and oxygen atoms in total. The van der Waals surface area contributed by atoms with Crippen LogP contribution >= 0.6 is 0 Å². The minimum absolute atomic E-state index is 0.000847. The van der Waals surface area contributed by atoms with Crippen molar-refractivity contribution in [2.75, 3.05) is 60.0 Å². The van der Waals surface area contributed by atoms with E-state index in [9.17, 15) is 9.59 Å². The van der Waals surface area contributed by atoms with Gasteiger partial charge in [0.15, 0.2) is 5.78 Å². The van der Waals surface area contributed by atoms with Gasteiger partial charge in [-0.2, -0.15) is 0 Å². The number of piperidine rings is 1. The molecule has 0 aromatic carbocycles. The zero-order valence-corrected chi connectivity index (χ0v) is 18.8. The summed E-state index contributed by atoms with van der Waals surface area (Å²) < 4.78 is 5.11. The number of fused-ring (bicyclic) bond motifs is 1. The molecule has 2 amide bonds. The van der Waals surface area contributed by atoms with Crippen molar-refractivity contribution in [3.8, 4) is 0 Å². The Kier molecular flexibility index (Phi) is 9.59. The summed E-state index contributed by atoms with van der Waals surface area (Å²) in [4.78, 5) is 31.6. The number of carbonyl (C=O) groups is 2. The van der Waals surface area contributed by atoms with E-state index in [1.807, 2.05) is 18.9 Å². The number of methoxy groups -OCH3 is 1. The lowest BCUT2D eigenvalue weighted by Gasteiger charge is -2.47. The molecule has 2 fully saturated rings. The number of nitrogens with zero attached hydrogens (tertiary/aromatic N) is 3. The van der Waals surface area contributed by atoms with Crippen LogP contribution in [0.3, 0.4) is 0 Å². The normalized spacial score (nSPS) is 25.2. The molecule has 0 bridgehead atoms. The van der Waals surface area contributed by atoms with Gasteiger partial charge in [-0.25, -0.2) is 4.79 Å². The van der Waals surface area contributed by atoms with Crippen LogP contribution in [0.2, 0.25) is 0 Å². The van der Waals surface area contributed by atoms with E-state index < -0.39 is 0 Å². The van der Waals surface area contributed by atoms with E-state index in [1.165, 1.54) is 0 Å². The highest BCUT2D eigenvalue weighted by Crippen LogP contribution is 2.35. The van der Waals surface area contributed by atoms with Crippen LogP contribution in [0.1, 0.15) is 39.5 Å². The van der Waals surface area contributed by atoms with Crippen molar-refractivity contribution in [3.63, 3.8) is 0 Å². The predicted molar refractivity (Wildman–Crippen MR) is 116 cm³/mol. The molecule has 0 aromatic rings. The number of nitrogens with one attached hydrogen (secondary N) is 1. The van der Waals surface area contributed by atoms with E-state index in [-0.39, 0.29) is 17.9 Å². The summed E-state index contributed by atoms with van der Waals surface area (Å²) in [5.74, 6) is 0.512. The maximum Gasteiger partial charge on any atom is 0.317 e. The molecule has 0 spiro atoms. The molecule has 3 atom stereocenters. The fraction of sp³-hybridized carbons (Fsp3) is 0.818. The SMILES string of the molecule is C=C1C[C@@H]2[C@@H](CC1=O)C[C@H](NC(=O)N(CC)CCN(C)CCOC)CN2CCC. The minimum Gasteiger partial charge on any atom is -0.383 e. The van der Waals surface area contributed by atoms with Gasteiger partial charge in [0.05, 0.1) is 6.61 Å². The molecule has 2 rings (SSSR count). The zero-order chi connectivity index (χ0) is 21.4. The Bertz CT molecular complexity index is 568. The first-order valence-corrected chi connectivity index (χ1v) is 11.1. The van der Waals surface area contributed by atoms with E-state index in [2.05, 4.69) is 28.6 Å². The van der Waals surface area contributed by atoms with E-state index >= 15 is 0 Å². The van der Waals surface area contributed by atoms with Crippen LogP contribution in [-0.4, -0.2) is 98.6 Å². The van der Waals surface area contributed by atoms with Crippen molar-refractivity contribution in [3.05, 3.63) is 12.2 Å². The summed E-state index contributed by atoms with van der Waals surface area (Å²) in [6.45, 7) is 13.8. The largest absolute Gasteiger partial charge is 0.383 e. The Morgan fingerprint density at radius 2 is 2.03 bits per heavy atom. The van der Waals surface area contributed by atoms with E-state index in [0.717, 1.165) is 51.0 Å². The summed E-state index contributed by atoms with van der Waals surface area (Å²) in [5, 5.41) is 3.25. The number of hydrogen-bond donors (Lipinski definition) is 1. The molecule has 1 aliphatic carbocycles. The molecule has 1 saturated heterocycles. The van der Waals surface area contributed by atoms with Crippen LogP contribution < -0.4 is 5.32 Å². The van der Waals surface area contributed by atoms with Gasteiger partial charge in [-0.15, -0.1) is 0 Å². The molecular formula is C22H40N4O3. The van der Waals surface area contributed by atoms with Crippen molar-refractivity contribution in [2.24, 2.45) is 5.92 Å². The third-order valence-electron chi connectivity index (χ3n) is 6.29. The van der Waals surface area contributed by atoms with Crippen molar-refractivity contribution >= 4 is 11.8 Å². The molecular weight excluding hydrogens is 368 g/mol. The predicted octanol–water partition coefficient (Wildman–Crippen LogP) is 1.98. The first-order chi connectivity index (χ1) is 13.9. The van der Waals surface area contributed by atoms with Crippen LogP contribution in [0.4, 0.5) is 4.79 Å². The standard InChI is InChI=1S/C22H40N4O3/c1-6-8-26-16-19(14-18-15-21(27)17(3)13-20(18)26)23-22(28)25(7-2)10-9-24(4)11-12-29-5/h18-20H,3,6-16H2,1-2,4-5H3,(H,23,28)/t18-,19+,20-/m1/s1. The smallest absolute Gasteiger partial charge is 0.317 e. The monoisotopic (exact) mass is 408 g/mol. The second-order valence-electron chi connectivity index (χ2n) is 8.52. The Balaban J connectivity index is 1.92. The number of Topliss-reactive ketones (excluding diaryl/α,β-unsaturated/α-hetero) is 1. The third kappa shape index (κ3) is 6.79. The number of ether oxygens (including phenoxy) is 1. The third-order valence-corrected chi connectivity index (χ3v) is 6.29. The number of ketones is 1. The number of likely N-dealkylation sites (N-methyl/N-ethyl adjacent to an activating group) is 2. The second-order valence-corrected chi connectivity index (χ2v) is 8.52. The van der Waals surface area contributed by atoms with Gasteiger partial charge in [0.25, 0.3) is 0 Å². The lowest BCUT2D eigenvalue weighted by atomic mass is 9.74. The Labute approximate surface area is 176 Å².